The van der Waals surface area contributed by atoms with Gasteiger partial charge in [0.2, 0.25) is 0 Å². The zero-order valence-electron chi connectivity index (χ0n) is 10.5. The molecular weight excluding hydrogens is 190 g/mol. The molecule has 0 aliphatic rings. The SMILES string of the molecule is CCC(CC)(CCSC)CNC(C)C. The smallest absolute Gasteiger partial charge is 0.00106 e. The molecule has 0 aliphatic carbocycles. The van der Waals surface area contributed by atoms with E-state index in [1.165, 1.54) is 31.6 Å². The van der Waals surface area contributed by atoms with Crippen molar-refractivity contribution in [1.82, 2.24) is 5.32 Å². The second kappa shape index (κ2) is 7.58. The number of hydrogen-bond acceptors (Lipinski definition) is 2. The highest BCUT2D eigenvalue weighted by Crippen LogP contribution is 2.31. The lowest BCUT2D eigenvalue weighted by Gasteiger charge is -2.33. The molecule has 0 radical (unpaired) electrons. The summed E-state index contributed by atoms with van der Waals surface area (Å²) in [6.07, 6.45) is 6.14. The van der Waals surface area contributed by atoms with E-state index in [0.29, 0.717) is 11.5 Å². The Hall–Kier alpha value is 0.310. The highest BCUT2D eigenvalue weighted by atomic mass is 32.2. The summed E-state index contributed by atoms with van der Waals surface area (Å²) in [5, 5.41) is 3.59. The van der Waals surface area contributed by atoms with E-state index in [0.717, 1.165) is 0 Å². The van der Waals surface area contributed by atoms with Crippen molar-refractivity contribution in [2.45, 2.75) is 53.0 Å². The monoisotopic (exact) mass is 217 g/mol. The summed E-state index contributed by atoms with van der Waals surface area (Å²) in [6.45, 7) is 10.3. The van der Waals surface area contributed by atoms with E-state index in [9.17, 15) is 0 Å². The molecule has 0 unspecified atom stereocenters. The molecule has 0 bridgehead atoms. The van der Waals surface area contributed by atoms with Crippen LogP contribution in [0.4, 0.5) is 0 Å². The molecule has 0 atom stereocenters. The molecule has 14 heavy (non-hydrogen) atoms. The van der Waals surface area contributed by atoms with Gasteiger partial charge in [-0.2, -0.15) is 11.8 Å². The van der Waals surface area contributed by atoms with E-state index in [-0.39, 0.29) is 0 Å². The molecule has 0 heterocycles. The van der Waals surface area contributed by atoms with Gasteiger partial charge in [0.25, 0.3) is 0 Å². The van der Waals surface area contributed by atoms with E-state index >= 15 is 0 Å². The maximum absolute atomic E-state index is 3.59. The van der Waals surface area contributed by atoms with Crippen molar-refractivity contribution in [3.8, 4) is 0 Å². The number of hydrogen-bond donors (Lipinski definition) is 1. The zero-order chi connectivity index (χ0) is 11.0. The van der Waals surface area contributed by atoms with Gasteiger partial charge < -0.3 is 5.32 Å². The molecular formula is C12H27NS. The predicted molar refractivity (Wildman–Crippen MR) is 69.2 cm³/mol. The summed E-state index contributed by atoms with van der Waals surface area (Å²) in [7, 11) is 0. The van der Waals surface area contributed by atoms with E-state index < -0.39 is 0 Å². The largest absolute Gasteiger partial charge is 0.314 e. The van der Waals surface area contributed by atoms with Crippen molar-refractivity contribution >= 4 is 11.8 Å². The second-order valence-corrected chi connectivity index (χ2v) is 5.47. The third-order valence-electron chi connectivity index (χ3n) is 3.22. The molecule has 0 aromatic heterocycles. The summed E-state index contributed by atoms with van der Waals surface area (Å²) in [5.41, 5.74) is 0.535. The fourth-order valence-corrected chi connectivity index (χ4v) is 2.32. The Kier molecular flexibility index (Phi) is 7.75. The highest BCUT2D eigenvalue weighted by molar-refractivity contribution is 7.98. The van der Waals surface area contributed by atoms with E-state index in [2.05, 4.69) is 39.3 Å². The van der Waals surface area contributed by atoms with Crippen LogP contribution in [0.5, 0.6) is 0 Å². The topological polar surface area (TPSA) is 12.0 Å². The quantitative estimate of drug-likeness (QED) is 0.667. The minimum absolute atomic E-state index is 0.535. The van der Waals surface area contributed by atoms with Crippen LogP contribution in [0.25, 0.3) is 0 Å². The van der Waals surface area contributed by atoms with Crippen LogP contribution in [0.3, 0.4) is 0 Å². The number of thioether (sulfide) groups is 1. The molecule has 1 N–H and O–H groups in total. The van der Waals surface area contributed by atoms with Crippen LogP contribution in [0.15, 0.2) is 0 Å². The summed E-state index contributed by atoms with van der Waals surface area (Å²) in [5.74, 6) is 1.29. The Morgan fingerprint density at radius 3 is 2.14 bits per heavy atom. The van der Waals surface area contributed by atoms with Gasteiger partial charge in [-0.25, -0.2) is 0 Å². The van der Waals surface area contributed by atoms with E-state index in [4.69, 9.17) is 0 Å². The molecule has 0 amide bonds. The Morgan fingerprint density at radius 1 is 1.21 bits per heavy atom. The first-order valence-electron chi connectivity index (χ1n) is 5.82. The van der Waals surface area contributed by atoms with Gasteiger partial charge in [0.15, 0.2) is 0 Å². The van der Waals surface area contributed by atoms with Gasteiger partial charge in [-0.1, -0.05) is 27.7 Å². The van der Waals surface area contributed by atoms with Gasteiger partial charge in [-0.3, -0.25) is 0 Å². The molecule has 2 heteroatoms. The van der Waals surface area contributed by atoms with Crippen LogP contribution in [-0.4, -0.2) is 24.6 Å². The minimum atomic E-state index is 0.535. The standard InChI is InChI=1S/C12H27NS/c1-6-12(7-2,8-9-14-5)10-13-11(3)4/h11,13H,6-10H2,1-5H3. The van der Waals surface area contributed by atoms with Crippen LogP contribution in [-0.2, 0) is 0 Å². The van der Waals surface area contributed by atoms with E-state index in [1.807, 2.05) is 11.8 Å². The molecule has 86 valence electrons. The Labute approximate surface area is 94.4 Å². The van der Waals surface area contributed by atoms with Crippen LogP contribution in [0.2, 0.25) is 0 Å². The lowest BCUT2D eigenvalue weighted by Crippen LogP contribution is -2.37. The summed E-state index contributed by atoms with van der Waals surface area (Å²) >= 11 is 1.97. The minimum Gasteiger partial charge on any atom is -0.314 e. The average molecular weight is 217 g/mol. The fraction of sp³-hybridized carbons (Fsp3) is 1.00. The average Bonchev–Trinajstić information content (AvgIpc) is 2.19. The van der Waals surface area contributed by atoms with Crippen LogP contribution in [0, 0.1) is 5.41 Å². The van der Waals surface area contributed by atoms with Crippen molar-refractivity contribution < 1.29 is 0 Å². The summed E-state index contributed by atoms with van der Waals surface area (Å²) < 4.78 is 0. The maximum Gasteiger partial charge on any atom is 0.00106 e. The normalized spacial score (nSPS) is 12.4. The lowest BCUT2D eigenvalue weighted by molar-refractivity contribution is 0.234. The zero-order valence-corrected chi connectivity index (χ0v) is 11.3. The van der Waals surface area contributed by atoms with Crippen molar-refractivity contribution in [2.24, 2.45) is 5.41 Å². The van der Waals surface area contributed by atoms with Crippen molar-refractivity contribution in [3.05, 3.63) is 0 Å². The van der Waals surface area contributed by atoms with Crippen molar-refractivity contribution in [1.29, 1.82) is 0 Å². The van der Waals surface area contributed by atoms with Crippen LogP contribution >= 0.6 is 11.8 Å². The van der Waals surface area contributed by atoms with Gasteiger partial charge in [0.1, 0.15) is 0 Å². The first-order chi connectivity index (χ1) is 6.60. The fourth-order valence-electron chi connectivity index (χ4n) is 1.68. The number of rotatable bonds is 8. The predicted octanol–water partition coefficient (Wildman–Crippen LogP) is 3.54. The van der Waals surface area contributed by atoms with Crippen LogP contribution in [0.1, 0.15) is 47.0 Å². The third-order valence-corrected chi connectivity index (χ3v) is 3.83. The molecule has 0 rings (SSSR count). The van der Waals surface area contributed by atoms with Crippen molar-refractivity contribution in [3.63, 3.8) is 0 Å². The van der Waals surface area contributed by atoms with Crippen molar-refractivity contribution in [2.75, 3.05) is 18.6 Å². The lowest BCUT2D eigenvalue weighted by atomic mass is 9.79. The molecule has 0 aromatic carbocycles. The third kappa shape index (κ3) is 5.26. The molecule has 0 aliphatic heterocycles. The molecule has 0 fully saturated rings. The van der Waals surface area contributed by atoms with Gasteiger partial charge in [0, 0.05) is 12.6 Å². The Morgan fingerprint density at radius 2 is 1.79 bits per heavy atom. The van der Waals surface area contributed by atoms with Gasteiger partial charge in [-0.05, 0) is 36.7 Å². The van der Waals surface area contributed by atoms with Crippen LogP contribution < -0.4 is 5.32 Å². The Balaban J connectivity index is 4.07. The molecule has 0 saturated carbocycles. The molecule has 0 aromatic rings. The molecule has 1 nitrogen and oxygen atoms in total. The van der Waals surface area contributed by atoms with Gasteiger partial charge >= 0.3 is 0 Å². The highest BCUT2D eigenvalue weighted by Gasteiger charge is 2.25. The Bertz CT molecular complexity index is 130. The van der Waals surface area contributed by atoms with E-state index in [1.54, 1.807) is 0 Å². The van der Waals surface area contributed by atoms with Gasteiger partial charge in [-0.15, -0.1) is 0 Å². The second-order valence-electron chi connectivity index (χ2n) is 4.49. The molecule has 0 spiro atoms. The first kappa shape index (κ1) is 14.3. The van der Waals surface area contributed by atoms with Gasteiger partial charge in [0.05, 0.1) is 0 Å². The molecule has 0 saturated heterocycles. The first-order valence-corrected chi connectivity index (χ1v) is 7.22. The number of nitrogens with one attached hydrogen (secondary N) is 1. The summed E-state index contributed by atoms with van der Waals surface area (Å²) in [4.78, 5) is 0. The summed E-state index contributed by atoms with van der Waals surface area (Å²) in [6, 6.07) is 0.613. The maximum atomic E-state index is 3.59.